The molecule has 0 aromatic carbocycles. The lowest BCUT2D eigenvalue weighted by Crippen LogP contribution is -2.41. The van der Waals surface area contributed by atoms with Crippen molar-refractivity contribution in [2.45, 2.75) is 39.2 Å². The number of nitrogens with one attached hydrogen (secondary N) is 1. The van der Waals surface area contributed by atoms with Crippen LogP contribution in [0.2, 0.25) is 0 Å². The van der Waals surface area contributed by atoms with E-state index >= 15 is 0 Å². The first-order chi connectivity index (χ1) is 8.62. The third-order valence-electron chi connectivity index (χ3n) is 3.33. The van der Waals surface area contributed by atoms with Crippen molar-refractivity contribution in [3.63, 3.8) is 0 Å². The molecule has 0 aromatic heterocycles. The van der Waals surface area contributed by atoms with E-state index in [1.807, 2.05) is 13.8 Å². The van der Waals surface area contributed by atoms with Gasteiger partial charge in [-0.05, 0) is 38.5 Å². The highest BCUT2D eigenvalue weighted by atomic mass is 127. The smallest absolute Gasteiger partial charge is 0.188 e. The van der Waals surface area contributed by atoms with Crippen molar-refractivity contribution in [3.05, 3.63) is 0 Å². The summed E-state index contributed by atoms with van der Waals surface area (Å²) in [7, 11) is 1.68. The molecule has 0 aromatic rings. The molecule has 0 saturated heterocycles. The Labute approximate surface area is 133 Å². The molecule has 0 amide bonds. The number of rotatable bonds is 9. The van der Waals surface area contributed by atoms with Gasteiger partial charge in [-0.3, -0.25) is 4.99 Å². The van der Waals surface area contributed by atoms with E-state index in [1.165, 1.54) is 12.8 Å². The van der Waals surface area contributed by atoms with E-state index in [9.17, 15) is 0 Å². The third kappa shape index (κ3) is 7.94. The van der Waals surface area contributed by atoms with Crippen LogP contribution in [-0.2, 0) is 9.47 Å². The number of hydrogen-bond donors (Lipinski definition) is 2. The van der Waals surface area contributed by atoms with E-state index in [0.29, 0.717) is 18.0 Å². The Hall–Kier alpha value is -0.0800. The normalized spacial score (nSPS) is 18.6. The number of methoxy groups -OCH3 is 1. The second-order valence-electron chi connectivity index (χ2n) is 5.15. The van der Waals surface area contributed by atoms with Crippen LogP contribution in [0.15, 0.2) is 4.99 Å². The van der Waals surface area contributed by atoms with Crippen LogP contribution in [0.25, 0.3) is 0 Å². The third-order valence-corrected chi connectivity index (χ3v) is 3.33. The SMILES string of the molecule is CCOCCC1(CN=C(N)NC(C)COC)CC1.I. The molecule has 0 radical (unpaired) electrons. The van der Waals surface area contributed by atoms with Crippen molar-refractivity contribution in [2.24, 2.45) is 16.1 Å². The fraction of sp³-hybridized carbons (Fsp3) is 0.923. The van der Waals surface area contributed by atoms with Gasteiger partial charge in [-0.2, -0.15) is 0 Å². The summed E-state index contributed by atoms with van der Waals surface area (Å²) in [4.78, 5) is 4.43. The molecule has 1 fully saturated rings. The average molecular weight is 385 g/mol. The van der Waals surface area contributed by atoms with Gasteiger partial charge in [0.15, 0.2) is 5.96 Å². The summed E-state index contributed by atoms with van der Waals surface area (Å²) in [5.74, 6) is 0.516. The standard InChI is InChI=1S/C13H27N3O2.HI/c1-4-18-8-7-13(5-6-13)10-15-12(14)16-11(2)9-17-3;/h11H,4-10H2,1-3H3,(H3,14,15,16);1H. The molecule has 0 aliphatic heterocycles. The largest absolute Gasteiger partial charge is 0.383 e. The summed E-state index contributed by atoms with van der Waals surface area (Å²) in [6.45, 7) is 7.10. The predicted octanol–water partition coefficient (Wildman–Crippen LogP) is 1.75. The second kappa shape index (κ2) is 9.77. The Bertz CT molecular complexity index is 271. The Balaban J connectivity index is 0.00000324. The highest BCUT2D eigenvalue weighted by molar-refractivity contribution is 14.0. The van der Waals surface area contributed by atoms with E-state index in [1.54, 1.807) is 7.11 Å². The first-order valence-electron chi connectivity index (χ1n) is 6.75. The van der Waals surface area contributed by atoms with Crippen LogP contribution in [0.1, 0.15) is 33.1 Å². The molecule has 3 N–H and O–H groups in total. The number of halogens is 1. The summed E-state index contributed by atoms with van der Waals surface area (Å²) in [6.07, 6.45) is 3.57. The first-order valence-corrected chi connectivity index (χ1v) is 6.75. The van der Waals surface area contributed by atoms with Crippen LogP contribution in [0.4, 0.5) is 0 Å². The maximum Gasteiger partial charge on any atom is 0.188 e. The molecule has 0 heterocycles. The Morgan fingerprint density at radius 1 is 1.47 bits per heavy atom. The van der Waals surface area contributed by atoms with E-state index in [-0.39, 0.29) is 30.0 Å². The van der Waals surface area contributed by atoms with Crippen LogP contribution in [0.3, 0.4) is 0 Å². The fourth-order valence-electron chi connectivity index (χ4n) is 1.94. The van der Waals surface area contributed by atoms with Gasteiger partial charge in [0.1, 0.15) is 0 Å². The van der Waals surface area contributed by atoms with Crippen molar-refractivity contribution in [1.82, 2.24) is 5.32 Å². The van der Waals surface area contributed by atoms with E-state index in [0.717, 1.165) is 26.2 Å². The number of guanidine groups is 1. The minimum Gasteiger partial charge on any atom is -0.383 e. The van der Waals surface area contributed by atoms with Crippen molar-refractivity contribution >= 4 is 29.9 Å². The lowest BCUT2D eigenvalue weighted by molar-refractivity contribution is 0.129. The van der Waals surface area contributed by atoms with Gasteiger partial charge in [0.25, 0.3) is 0 Å². The molecule has 0 spiro atoms. The van der Waals surface area contributed by atoms with Crippen molar-refractivity contribution in [2.75, 3.05) is 33.5 Å². The zero-order valence-corrected chi connectivity index (χ0v) is 14.6. The van der Waals surface area contributed by atoms with Gasteiger partial charge in [-0.25, -0.2) is 0 Å². The minimum atomic E-state index is 0. The van der Waals surface area contributed by atoms with Crippen molar-refractivity contribution in [1.29, 1.82) is 0 Å². The molecule has 1 unspecified atom stereocenters. The first kappa shape index (κ1) is 18.9. The van der Waals surface area contributed by atoms with Gasteiger partial charge in [0, 0.05) is 32.9 Å². The number of hydrogen-bond acceptors (Lipinski definition) is 3. The summed E-state index contributed by atoms with van der Waals surface area (Å²) < 4.78 is 10.4. The lowest BCUT2D eigenvalue weighted by atomic mass is 10.0. The minimum absolute atomic E-state index is 0. The zero-order chi connectivity index (χ0) is 13.4. The predicted molar refractivity (Wildman–Crippen MR) is 89.2 cm³/mol. The Morgan fingerprint density at radius 2 is 2.16 bits per heavy atom. The maximum atomic E-state index is 5.85. The quantitative estimate of drug-likeness (QED) is 0.275. The van der Waals surface area contributed by atoms with Gasteiger partial charge in [0.05, 0.1) is 6.61 Å². The van der Waals surface area contributed by atoms with Crippen LogP contribution in [0.5, 0.6) is 0 Å². The van der Waals surface area contributed by atoms with Gasteiger partial charge >= 0.3 is 0 Å². The number of nitrogens with zero attached hydrogens (tertiary/aromatic N) is 1. The average Bonchev–Trinajstić information content (AvgIpc) is 3.08. The van der Waals surface area contributed by atoms with Gasteiger partial charge in [-0.15, -0.1) is 24.0 Å². The summed E-state index contributed by atoms with van der Waals surface area (Å²) >= 11 is 0. The maximum absolute atomic E-state index is 5.85. The summed E-state index contributed by atoms with van der Waals surface area (Å²) in [5, 5.41) is 3.12. The molecule has 1 aliphatic carbocycles. The summed E-state index contributed by atoms with van der Waals surface area (Å²) in [5.41, 5.74) is 6.20. The highest BCUT2D eigenvalue weighted by Gasteiger charge is 2.41. The molecule has 1 saturated carbocycles. The lowest BCUT2D eigenvalue weighted by Gasteiger charge is -2.15. The molecule has 1 rings (SSSR count). The number of nitrogens with two attached hydrogens (primary N) is 1. The molecular formula is C13H28IN3O2. The van der Waals surface area contributed by atoms with Crippen LogP contribution in [-0.4, -0.2) is 45.5 Å². The molecule has 114 valence electrons. The van der Waals surface area contributed by atoms with Gasteiger partial charge in [-0.1, -0.05) is 0 Å². The van der Waals surface area contributed by atoms with E-state index in [2.05, 4.69) is 10.3 Å². The zero-order valence-electron chi connectivity index (χ0n) is 12.3. The van der Waals surface area contributed by atoms with Gasteiger partial charge in [0.2, 0.25) is 0 Å². The monoisotopic (exact) mass is 385 g/mol. The van der Waals surface area contributed by atoms with Crippen LogP contribution in [0, 0.1) is 5.41 Å². The molecule has 5 nitrogen and oxygen atoms in total. The van der Waals surface area contributed by atoms with Crippen molar-refractivity contribution in [3.8, 4) is 0 Å². The van der Waals surface area contributed by atoms with E-state index in [4.69, 9.17) is 15.2 Å². The molecule has 1 atom stereocenters. The topological polar surface area (TPSA) is 68.9 Å². The second-order valence-corrected chi connectivity index (χ2v) is 5.15. The van der Waals surface area contributed by atoms with Gasteiger partial charge < -0.3 is 20.5 Å². The molecule has 19 heavy (non-hydrogen) atoms. The van der Waals surface area contributed by atoms with Crippen LogP contribution >= 0.6 is 24.0 Å². The molecular weight excluding hydrogens is 357 g/mol. The van der Waals surface area contributed by atoms with Crippen LogP contribution < -0.4 is 11.1 Å². The summed E-state index contributed by atoms with van der Waals surface area (Å²) in [6, 6.07) is 0.192. The molecule has 6 heteroatoms. The number of ether oxygens (including phenoxy) is 2. The molecule has 1 aliphatic rings. The fourth-order valence-corrected chi connectivity index (χ4v) is 1.94. The Morgan fingerprint density at radius 3 is 2.68 bits per heavy atom. The highest BCUT2D eigenvalue weighted by Crippen LogP contribution is 2.48. The van der Waals surface area contributed by atoms with E-state index < -0.39 is 0 Å². The number of aliphatic imine (C=N–C) groups is 1. The molecule has 0 bridgehead atoms. The van der Waals surface area contributed by atoms with Crippen molar-refractivity contribution < 1.29 is 9.47 Å². The Kier molecular flexibility index (Phi) is 9.72.